The lowest BCUT2D eigenvalue weighted by atomic mass is 9.89. The summed E-state index contributed by atoms with van der Waals surface area (Å²) >= 11 is 1.40. The molecule has 0 unspecified atom stereocenters. The second-order valence-corrected chi connectivity index (χ2v) is 8.91. The minimum Gasteiger partial charge on any atom is -0.375 e. The van der Waals surface area contributed by atoms with Crippen LogP contribution in [0.5, 0.6) is 0 Å². The maximum absolute atomic E-state index is 12.6. The summed E-state index contributed by atoms with van der Waals surface area (Å²) in [6.45, 7) is 0.449. The van der Waals surface area contributed by atoms with Gasteiger partial charge in [-0.2, -0.15) is 10.4 Å². The molecular weight excluding hydrogens is 452 g/mol. The van der Waals surface area contributed by atoms with E-state index >= 15 is 0 Å². The van der Waals surface area contributed by atoms with Gasteiger partial charge in [-0.15, -0.1) is 11.3 Å². The monoisotopic (exact) mass is 472 g/mol. The van der Waals surface area contributed by atoms with E-state index in [-0.39, 0.29) is 12.3 Å². The van der Waals surface area contributed by atoms with Crippen LogP contribution in [0.1, 0.15) is 17.5 Å². The van der Waals surface area contributed by atoms with Crippen molar-refractivity contribution in [1.82, 2.24) is 29.6 Å². The molecule has 0 spiro atoms. The Bertz CT molecular complexity index is 1440. The lowest BCUT2D eigenvalue weighted by Gasteiger charge is -2.22. The number of thiazole rings is 1. The molecule has 1 fully saturated rings. The highest BCUT2D eigenvalue weighted by Crippen LogP contribution is 2.36. The summed E-state index contributed by atoms with van der Waals surface area (Å²) in [5, 5.41) is 30.5. The van der Waals surface area contributed by atoms with E-state index in [0.29, 0.717) is 51.4 Å². The van der Waals surface area contributed by atoms with Crippen molar-refractivity contribution in [2.24, 2.45) is 7.05 Å². The zero-order valence-corrected chi connectivity index (χ0v) is 19.2. The molecule has 1 aliphatic heterocycles. The number of aliphatic hydroxyl groups is 1. The summed E-state index contributed by atoms with van der Waals surface area (Å²) in [7, 11) is 3.48. The minimum absolute atomic E-state index is 0.270. The standard InChI is InChI=1S/C23H20N8O2S/c1-30-8-5-23(33,21(30)32)16-10-14(12-24)9-15(11-16)18-13-34-20(26-18)17-3-6-25-22(27-17)28-19-4-7-31(2)29-19/h3-4,6-7,9-11,13,33H,5,8H2,1-2H3,(H,25,27,28,29)/t23-/m1/s1. The number of nitriles is 1. The van der Waals surface area contributed by atoms with E-state index < -0.39 is 5.60 Å². The number of carbonyl (C=O) groups is 1. The van der Waals surface area contributed by atoms with Crippen LogP contribution < -0.4 is 5.32 Å². The fraction of sp³-hybridized carbons (Fsp3) is 0.217. The van der Waals surface area contributed by atoms with E-state index in [0.717, 1.165) is 0 Å². The molecule has 1 amide bonds. The molecule has 2 N–H and O–H groups in total. The van der Waals surface area contributed by atoms with Crippen molar-refractivity contribution in [2.75, 3.05) is 18.9 Å². The fourth-order valence-electron chi connectivity index (χ4n) is 3.86. The molecular formula is C23H20N8O2S. The first-order valence-corrected chi connectivity index (χ1v) is 11.3. The maximum Gasteiger partial charge on any atom is 0.258 e. The van der Waals surface area contributed by atoms with Crippen molar-refractivity contribution in [3.05, 3.63) is 59.2 Å². The Morgan fingerprint density at radius 1 is 1.21 bits per heavy atom. The number of aryl methyl sites for hydroxylation is 1. The van der Waals surface area contributed by atoms with Crippen molar-refractivity contribution in [3.63, 3.8) is 0 Å². The van der Waals surface area contributed by atoms with Gasteiger partial charge in [-0.25, -0.2) is 15.0 Å². The van der Waals surface area contributed by atoms with E-state index in [1.165, 1.54) is 16.2 Å². The molecule has 4 heterocycles. The minimum atomic E-state index is -1.64. The molecule has 1 aliphatic rings. The van der Waals surface area contributed by atoms with Gasteiger partial charge in [0.2, 0.25) is 5.95 Å². The van der Waals surface area contributed by atoms with Crippen LogP contribution in [0.4, 0.5) is 11.8 Å². The molecule has 170 valence electrons. The molecule has 1 atom stereocenters. The lowest BCUT2D eigenvalue weighted by Crippen LogP contribution is -2.36. The molecule has 0 aliphatic carbocycles. The van der Waals surface area contributed by atoms with Crippen molar-refractivity contribution in [1.29, 1.82) is 5.26 Å². The molecule has 1 saturated heterocycles. The second kappa shape index (κ2) is 8.33. The number of nitrogens with zero attached hydrogens (tertiary/aromatic N) is 7. The summed E-state index contributed by atoms with van der Waals surface area (Å²) in [6.07, 6.45) is 3.73. The van der Waals surface area contributed by atoms with E-state index in [1.54, 1.807) is 42.2 Å². The molecule has 34 heavy (non-hydrogen) atoms. The van der Waals surface area contributed by atoms with Gasteiger partial charge in [0.25, 0.3) is 5.91 Å². The van der Waals surface area contributed by atoms with Gasteiger partial charge in [-0.1, -0.05) is 0 Å². The number of aromatic nitrogens is 5. The molecule has 1 aromatic carbocycles. The highest BCUT2D eigenvalue weighted by Gasteiger charge is 2.45. The van der Waals surface area contributed by atoms with E-state index in [2.05, 4.69) is 26.5 Å². The highest BCUT2D eigenvalue weighted by atomic mass is 32.1. The van der Waals surface area contributed by atoms with Crippen molar-refractivity contribution >= 4 is 29.0 Å². The van der Waals surface area contributed by atoms with Gasteiger partial charge >= 0.3 is 0 Å². The van der Waals surface area contributed by atoms with Crippen LogP contribution in [-0.4, -0.2) is 54.2 Å². The van der Waals surface area contributed by atoms with Crippen LogP contribution in [0.25, 0.3) is 22.0 Å². The molecule has 0 radical (unpaired) electrons. The van der Waals surface area contributed by atoms with Gasteiger partial charge in [0.15, 0.2) is 11.4 Å². The number of amides is 1. The number of hydrogen-bond donors (Lipinski definition) is 2. The zero-order chi connectivity index (χ0) is 23.9. The van der Waals surface area contributed by atoms with Crippen molar-refractivity contribution < 1.29 is 9.90 Å². The van der Waals surface area contributed by atoms with Crippen molar-refractivity contribution in [3.8, 4) is 28.0 Å². The summed E-state index contributed by atoms with van der Waals surface area (Å²) < 4.78 is 1.68. The SMILES string of the molecule is CN1CC[C@@](O)(c2cc(C#N)cc(-c3csc(-c4ccnc(Nc5ccn(C)n5)n4)n3)c2)C1=O. The van der Waals surface area contributed by atoms with Gasteiger partial charge in [-0.05, 0) is 29.8 Å². The predicted octanol–water partition coefficient (Wildman–Crippen LogP) is 2.67. The largest absolute Gasteiger partial charge is 0.375 e. The van der Waals surface area contributed by atoms with Gasteiger partial charge in [0.1, 0.15) is 10.7 Å². The molecule has 5 rings (SSSR count). The lowest BCUT2D eigenvalue weighted by molar-refractivity contribution is -0.143. The number of hydrogen-bond acceptors (Lipinski definition) is 9. The average molecular weight is 473 g/mol. The molecule has 3 aromatic heterocycles. The summed E-state index contributed by atoms with van der Waals surface area (Å²) in [5.41, 5.74) is 1.00. The number of likely N-dealkylation sites (N-methyl/N-ethyl adjacent to an activating group) is 1. The Kier molecular flexibility index (Phi) is 5.31. The second-order valence-electron chi connectivity index (χ2n) is 8.05. The Balaban J connectivity index is 1.47. The summed E-state index contributed by atoms with van der Waals surface area (Å²) in [4.78, 5) is 27.5. The number of carbonyl (C=O) groups excluding carboxylic acids is 1. The molecule has 10 nitrogen and oxygen atoms in total. The van der Waals surface area contributed by atoms with Crippen LogP contribution in [0, 0.1) is 11.3 Å². The first-order chi connectivity index (χ1) is 16.4. The third-order valence-corrected chi connectivity index (χ3v) is 6.54. The first-order valence-electron chi connectivity index (χ1n) is 10.5. The van der Waals surface area contributed by atoms with E-state index in [1.807, 2.05) is 24.7 Å². The van der Waals surface area contributed by atoms with Crippen LogP contribution in [-0.2, 0) is 17.4 Å². The average Bonchev–Trinajstić information content (AvgIpc) is 3.56. The van der Waals surface area contributed by atoms with Crippen LogP contribution >= 0.6 is 11.3 Å². The number of benzene rings is 1. The van der Waals surface area contributed by atoms with Crippen LogP contribution in [0.15, 0.2) is 48.1 Å². The Morgan fingerprint density at radius 2 is 2.06 bits per heavy atom. The maximum atomic E-state index is 12.6. The number of anilines is 2. The molecule has 11 heteroatoms. The first kappa shape index (κ1) is 21.7. The molecule has 0 saturated carbocycles. The Labute approximate surface area is 199 Å². The number of nitrogens with one attached hydrogen (secondary N) is 1. The summed E-state index contributed by atoms with van der Waals surface area (Å²) in [5.74, 6) is 0.652. The normalized spacial score (nSPS) is 17.7. The Hall–Kier alpha value is -4.14. The smallest absolute Gasteiger partial charge is 0.258 e. The van der Waals surface area contributed by atoms with Gasteiger partial charge in [0, 0.05) is 56.5 Å². The Morgan fingerprint density at radius 3 is 2.76 bits per heavy atom. The number of rotatable bonds is 5. The fourth-order valence-corrected chi connectivity index (χ4v) is 4.66. The molecule has 4 aromatic rings. The van der Waals surface area contributed by atoms with Gasteiger partial charge < -0.3 is 15.3 Å². The van der Waals surface area contributed by atoms with E-state index in [9.17, 15) is 15.2 Å². The van der Waals surface area contributed by atoms with Gasteiger partial charge in [-0.3, -0.25) is 9.48 Å². The number of likely N-dealkylation sites (tertiary alicyclic amines) is 1. The van der Waals surface area contributed by atoms with E-state index in [4.69, 9.17) is 4.98 Å². The quantitative estimate of drug-likeness (QED) is 0.453. The topological polar surface area (TPSA) is 133 Å². The zero-order valence-electron chi connectivity index (χ0n) is 18.4. The third kappa shape index (κ3) is 3.89. The van der Waals surface area contributed by atoms with Crippen LogP contribution in [0.3, 0.4) is 0 Å². The molecule has 0 bridgehead atoms. The van der Waals surface area contributed by atoms with Crippen molar-refractivity contribution in [2.45, 2.75) is 12.0 Å². The van der Waals surface area contributed by atoms with Crippen LogP contribution in [0.2, 0.25) is 0 Å². The summed E-state index contributed by atoms with van der Waals surface area (Å²) in [6, 6.07) is 10.7. The highest BCUT2D eigenvalue weighted by molar-refractivity contribution is 7.13. The predicted molar refractivity (Wildman–Crippen MR) is 126 cm³/mol. The van der Waals surface area contributed by atoms with Gasteiger partial charge in [0.05, 0.1) is 17.3 Å². The third-order valence-electron chi connectivity index (χ3n) is 5.68.